The van der Waals surface area contributed by atoms with Crippen molar-refractivity contribution in [3.8, 4) is 0 Å². The fourth-order valence-electron chi connectivity index (χ4n) is 8.29. The minimum absolute atomic E-state index is 0.228. The molecule has 0 aromatic rings. The van der Waals surface area contributed by atoms with Crippen molar-refractivity contribution >= 4 is 0 Å². The Morgan fingerprint density at radius 2 is 1.08 bits per heavy atom. The summed E-state index contributed by atoms with van der Waals surface area (Å²) in [5, 5.41) is 7.79. The molecule has 0 spiro atoms. The van der Waals surface area contributed by atoms with Gasteiger partial charge in [0.15, 0.2) is 0 Å². The van der Waals surface area contributed by atoms with E-state index in [2.05, 4.69) is 98.6 Å². The molecule has 1 atom stereocenters. The summed E-state index contributed by atoms with van der Waals surface area (Å²) in [5.41, 5.74) is 0.978. The lowest BCUT2D eigenvalue weighted by Gasteiger charge is -2.50. The van der Waals surface area contributed by atoms with Crippen molar-refractivity contribution in [1.29, 1.82) is 0 Å². The normalized spacial score (nSPS) is 25.1. The maximum Gasteiger partial charge on any atom is 0.0145 e. The van der Waals surface area contributed by atoms with Gasteiger partial charge in [0.2, 0.25) is 0 Å². The number of hydrogen-bond donors (Lipinski definition) is 2. The molecule has 0 aromatic heterocycles. The summed E-state index contributed by atoms with van der Waals surface area (Å²) in [7, 11) is 0. The third kappa shape index (κ3) is 10.9. The quantitative estimate of drug-likeness (QED) is 0.246. The Kier molecular flexibility index (Phi) is 11.4. The first-order chi connectivity index (χ1) is 16.4. The van der Waals surface area contributed by atoms with Crippen LogP contribution in [0.1, 0.15) is 147 Å². The zero-order valence-electron chi connectivity index (χ0n) is 26.8. The second-order valence-corrected chi connectivity index (χ2v) is 16.3. The van der Waals surface area contributed by atoms with Crippen LogP contribution in [0.15, 0.2) is 0 Å². The lowest BCUT2D eigenvalue weighted by atomic mass is 9.67. The molecule has 0 radical (unpaired) electrons. The Morgan fingerprint density at radius 1 is 0.611 bits per heavy atom. The van der Waals surface area contributed by atoms with Gasteiger partial charge in [0.1, 0.15) is 0 Å². The molecule has 1 unspecified atom stereocenters. The summed E-state index contributed by atoms with van der Waals surface area (Å²) in [6.45, 7) is 31.5. The SMILES string of the molecule is CC(C)CCN(CCCCCCC(C(C)C)C1CC(C)(C)NC(C)(C)C1)C1CC(C)(C)NC(C)(C)C1. The van der Waals surface area contributed by atoms with Gasteiger partial charge in [0.05, 0.1) is 0 Å². The highest BCUT2D eigenvalue weighted by atomic mass is 15.2. The van der Waals surface area contributed by atoms with Crippen LogP contribution in [0.3, 0.4) is 0 Å². The van der Waals surface area contributed by atoms with E-state index in [-0.39, 0.29) is 22.2 Å². The van der Waals surface area contributed by atoms with Crippen molar-refractivity contribution < 1.29 is 0 Å². The van der Waals surface area contributed by atoms with E-state index < -0.39 is 0 Å². The van der Waals surface area contributed by atoms with Crippen LogP contribution < -0.4 is 10.6 Å². The molecule has 0 saturated carbocycles. The number of piperidine rings is 2. The molecule has 2 aliphatic rings. The van der Waals surface area contributed by atoms with Crippen molar-refractivity contribution in [2.45, 2.75) is 175 Å². The average molecular weight is 506 g/mol. The van der Waals surface area contributed by atoms with Gasteiger partial charge >= 0.3 is 0 Å². The summed E-state index contributed by atoms with van der Waals surface area (Å²) >= 11 is 0. The molecular weight excluding hydrogens is 438 g/mol. The van der Waals surface area contributed by atoms with Gasteiger partial charge < -0.3 is 15.5 Å². The van der Waals surface area contributed by atoms with Gasteiger partial charge in [0, 0.05) is 28.2 Å². The summed E-state index contributed by atoms with van der Waals surface area (Å²) in [5.74, 6) is 3.30. The maximum absolute atomic E-state index is 3.90. The number of hydrogen-bond acceptors (Lipinski definition) is 3. The first-order valence-electron chi connectivity index (χ1n) is 15.7. The van der Waals surface area contributed by atoms with Gasteiger partial charge in [-0.25, -0.2) is 0 Å². The maximum atomic E-state index is 3.90. The second-order valence-electron chi connectivity index (χ2n) is 16.3. The molecular formula is C33H67N3. The van der Waals surface area contributed by atoms with Gasteiger partial charge in [-0.2, -0.15) is 0 Å². The molecule has 2 aliphatic heterocycles. The highest BCUT2D eigenvalue weighted by Crippen LogP contribution is 2.41. The standard InChI is InChI=1S/C33H67N3/c1-25(2)18-20-36(28-23-32(9,10)35-33(11,12)24-28)19-16-14-13-15-17-29(26(3)4)27-21-30(5,6)34-31(7,8)22-27/h25-29,34-35H,13-24H2,1-12H3. The third-order valence-electron chi connectivity index (χ3n) is 9.10. The van der Waals surface area contributed by atoms with Gasteiger partial charge in [0.25, 0.3) is 0 Å². The fourth-order valence-corrected chi connectivity index (χ4v) is 8.29. The molecule has 214 valence electrons. The van der Waals surface area contributed by atoms with Crippen molar-refractivity contribution in [3.63, 3.8) is 0 Å². The van der Waals surface area contributed by atoms with Crippen LogP contribution in [-0.2, 0) is 0 Å². The van der Waals surface area contributed by atoms with E-state index in [0.717, 1.165) is 23.7 Å². The Labute approximate surface area is 227 Å². The first-order valence-corrected chi connectivity index (χ1v) is 15.7. The minimum Gasteiger partial charge on any atom is -0.307 e. The van der Waals surface area contributed by atoms with Gasteiger partial charge in [-0.1, -0.05) is 47.0 Å². The molecule has 0 amide bonds. The zero-order chi connectivity index (χ0) is 27.4. The molecule has 2 fully saturated rings. The van der Waals surface area contributed by atoms with Crippen LogP contribution >= 0.6 is 0 Å². The van der Waals surface area contributed by atoms with Crippen LogP contribution in [0.25, 0.3) is 0 Å². The summed E-state index contributed by atoms with van der Waals surface area (Å²) in [4.78, 5) is 2.88. The van der Waals surface area contributed by atoms with E-state index in [1.165, 1.54) is 77.3 Å². The monoisotopic (exact) mass is 506 g/mol. The second kappa shape index (κ2) is 12.8. The number of unbranched alkanes of at least 4 members (excludes halogenated alkanes) is 3. The molecule has 2 heterocycles. The number of nitrogens with zero attached hydrogens (tertiary/aromatic N) is 1. The molecule has 0 bridgehead atoms. The molecule has 0 aromatic carbocycles. The largest absolute Gasteiger partial charge is 0.307 e. The molecule has 2 saturated heterocycles. The van der Waals surface area contributed by atoms with E-state index in [0.29, 0.717) is 6.04 Å². The van der Waals surface area contributed by atoms with Gasteiger partial charge in [-0.3, -0.25) is 0 Å². The smallest absolute Gasteiger partial charge is 0.0145 e. The van der Waals surface area contributed by atoms with Crippen LogP contribution in [0.2, 0.25) is 0 Å². The molecule has 2 rings (SSSR count). The zero-order valence-corrected chi connectivity index (χ0v) is 26.8. The molecule has 0 aliphatic carbocycles. The average Bonchev–Trinajstić information content (AvgIpc) is 2.63. The Balaban J connectivity index is 1.85. The Bertz CT molecular complexity index is 613. The minimum atomic E-state index is 0.228. The van der Waals surface area contributed by atoms with E-state index in [1.54, 1.807) is 0 Å². The van der Waals surface area contributed by atoms with Crippen molar-refractivity contribution in [3.05, 3.63) is 0 Å². The highest BCUT2D eigenvalue weighted by molar-refractivity contribution is 5.01. The predicted octanol–water partition coefficient (Wildman–Crippen LogP) is 8.42. The highest BCUT2D eigenvalue weighted by Gasteiger charge is 2.41. The Hall–Kier alpha value is -0.120. The van der Waals surface area contributed by atoms with Gasteiger partial charge in [-0.15, -0.1) is 0 Å². The van der Waals surface area contributed by atoms with Gasteiger partial charge in [-0.05, 0) is 137 Å². The van der Waals surface area contributed by atoms with E-state index in [1.807, 2.05) is 0 Å². The van der Waals surface area contributed by atoms with Crippen molar-refractivity contribution in [2.75, 3.05) is 13.1 Å². The summed E-state index contributed by atoms with van der Waals surface area (Å²) < 4.78 is 0. The topological polar surface area (TPSA) is 27.3 Å². The first kappa shape index (κ1) is 32.1. The van der Waals surface area contributed by atoms with Crippen molar-refractivity contribution in [1.82, 2.24) is 15.5 Å². The van der Waals surface area contributed by atoms with Crippen molar-refractivity contribution in [2.24, 2.45) is 23.7 Å². The fraction of sp³-hybridized carbons (Fsp3) is 1.00. The lowest BCUT2D eigenvalue weighted by molar-refractivity contribution is 0.0615. The van der Waals surface area contributed by atoms with Crippen LogP contribution in [0.5, 0.6) is 0 Å². The van der Waals surface area contributed by atoms with E-state index >= 15 is 0 Å². The summed E-state index contributed by atoms with van der Waals surface area (Å²) in [6, 6.07) is 0.715. The van der Waals surface area contributed by atoms with E-state index in [9.17, 15) is 0 Å². The van der Waals surface area contributed by atoms with Crippen LogP contribution in [0.4, 0.5) is 0 Å². The number of nitrogens with one attached hydrogen (secondary N) is 2. The molecule has 2 N–H and O–H groups in total. The van der Waals surface area contributed by atoms with Crippen LogP contribution in [-0.4, -0.2) is 46.2 Å². The molecule has 3 heteroatoms. The van der Waals surface area contributed by atoms with Crippen LogP contribution in [0, 0.1) is 23.7 Å². The predicted molar refractivity (Wildman–Crippen MR) is 161 cm³/mol. The Morgan fingerprint density at radius 3 is 1.56 bits per heavy atom. The molecule has 3 nitrogen and oxygen atoms in total. The lowest BCUT2D eigenvalue weighted by Crippen LogP contribution is -2.62. The van der Waals surface area contributed by atoms with E-state index in [4.69, 9.17) is 0 Å². The molecule has 36 heavy (non-hydrogen) atoms. The summed E-state index contributed by atoms with van der Waals surface area (Å²) in [6.07, 6.45) is 13.5. The number of rotatable bonds is 13. The third-order valence-corrected chi connectivity index (χ3v) is 9.10.